The van der Waals surface area contributed by atoms with Gasteiger partial charge in [0, 0.05) is 12.2 Å². The molecule has 0 saturated heterocycles. The molecule has 0 aliphatic heterocycles. The first kappa shape index (κ1) is 14.6. The van der Waals surface area contributed by atoms with E-state index in [-0.39, 0.29) is 11.6 Å². The van der Waals surface area contributed by atoms with E-state index in [0.29, 0.717) is 18.0 Å². The predicted molar refractivity (Wildman–Crippen MR) is 74.9 cm³/mol. The summed E-state index contributed by atoms with van der Waals surface area (Å²) in [7, 11) is 1.30. The lowest BCUT2D eigenvalue weighted by Gasteiger charge is -2.06. The zero-order valence-corrected chi connectivity index (χ0v) is 11.7. The highest BCUT2D eigenvalue weighted by atomic mass is 16.5. The van der Waals surface area contributed by atoms with Crippen molar-refractivity contribution in [2.24, 2.45) is 0 Å². The third-order valence-electron chi connectivity index (χ3n) is 2.80. The predicted octanol–water partition coefficient (Wildman–Crippen LogP) is 2.09. The van der Waals surface area contributed by atoms with Gasteiger partial charge in [0.15, 0.2) is 12.1 Å². The van der Waals surface area contributed by atoms with E-state index in [1.807, 2.05) is 0 Å². The number of carbonyl (C=O) groups excluding carboxylic acids is 2. The van der Waals surface area contributed by atoms with Crippen molar-refractivity contribution in [2.75, 3.05) is 12.4 Å². The number of nitrogens with one attached hydrogen (secondary N) is 2. The number of amides is 2. The van der Waals surface area contributed by atoms with E-state index in [0.717, 1.165) is 5.56 Å². The largest absolute Gasteiger partial charge is 0.453 e. The molecule has 110 valence electrons. The molecular formula is C14H15N3O4. The number of ether oxygens (including phenoxy) is 1. The van der Waals surface area contributed by atoms with Crippen LogP contribution in [0.2, 0.25) is 0 Å². The van der Waals surface area contributed by atoms with E-state index < -0.39 is 6.09 Å². The van der Waals surface area contributed by atoms with Gasteiger partial charge in [0.25, 0.3) is 5.91 Å². The number of oxazole rings is 1. The first-order chi connectivity index (χ1) is 10.1. The Morgan fingerprint density at radius 3 is 2.57 bits per heavy atom. The molecule has 1 aromatic carbocycles. The van der Waals surface area contributed by atoms with Gasteiger partial charge in [-0.2, -0.15) is 0 Å². The van der Waals surface area contributed by atoms with E-state index in [1.54, 1.807) is 31.2 Å². The van der Waals surface area contributed by atoms with Crippen molar-refractivity contribution >= 4 is 17.7 Å². The van der Waals surface area contributed by atoms with Crippen molar-refractivity contribution in [3.63, 3.8) is 0 Å². The molecule has 0 atom stereocenters. The van der Waals surface area contributed by atoms with Crippen molar-refractivity contribution in [1.82, 2.24) is 10.3 Å². The average Bonchev–Trinajstić information content (AvgIpc) is 2.92. The van der Waals surface area contributed by atoms with Crippen LogP contribution in [0.15, 0.2) is 35.1 Å². The highest BCUT2D eigenvalue weighted by Crippen LogP contribution is 2.10. The monoisotopic (exact) mass is 289 g/mol. The number of rotatable bonds is 4. The molecule has 7 nitrogen and oxygen atoms in total. The quantitative estimate of drug-likeness (QED) is 0.899. The van der Waals surface area contributed by atoms with Crippen LogP contribution in [0, 0.1) is 6.92 Å². The average molecular weight is 289 g/mol. The molecule has 1 aromatic heterocycles. The maximum absolute atomic E-state index is 11.8. The minimum Gasteiger partial charge on any atom is -0.453 e. The first-order valence-electron chi connectivity index (χ1n) is 6.22. The molecule has 2 N–H and O–H groups in total. The molecule has 2 aromatic rings. The Morgan fingerprint density at radius 1 is 1.29 bits per heavy atom. The summed E-state index contributed by atoms with van der Waals surface area (Å²) in [5, 5.41) is 5.28. The SMILES string of the molecule is COC(=O)Nc1ccc(CNC(=O)c2ncoc2C)cc1. The number of aromatic nitrogens is 1. The summed E-state index contributed by atoms with van der Waals surface area (Å²) in [4.78, 5) is 26.7. The van der Waals surface area contributed by atoms with E-state index in [2.05, 4.69) is 20.4 Å². The summed E-state index contributed by atoms with van der Waals surface area (Å²) in [6, 6.07) is 7.03. The van der Waals surface area contributed by atoms with Gasteiger partial charge < -0.3 is 14.5 Å². The van der Waals surface area contributed by atoms with Gasteiger partial charge in [-0.3, -0.25) is 10.1 Å². The smallest absolute Gasteiger partial charge is 0.411 e. The first-order valence-corrected chi connectivity index (χ1v) is 6.22. The van der Waals surface area contributed by atoms with Crippen LogP contribution in [0.5, 0.6) is 0 Å². The van der Waals surface area contributed by atoms with E-state index in [1.165, 1.54) is 13.5 Å². The lowest BCUT2D eigenvalue weighted by atomic mass is 10.2. The van der Waals surface area contributed by atoms with Crippen LogP contribution in [-0.4, -0.2) is 24.1 Å². The molecule has 0 unspecified atom stereocenters. The molecular weight excluding hydrogens is 274 g/mol. The Kier molecular flexibility index (Phi) is 4.55. The molecule has 21 heavy (non-hydrogen) atoms. The van der Waals surface area contributed by atoms with Crippen LogP contribution in [0.3, 0.4) is 0 Å². The molecule has 0 fully saturated rings. The molecule has 7 heteroatoms. The molecule has 1 heterocycles. The maximum atomic E-state index is 11.8. The number of aryl methyl sites for hydroxylation is 1. The van der Waals surface area contributed by atoms with Gasteiger partial charge in [0.05, 0.1) is 7.11 Å². The van der Waals surface area contributed by atoms with E-state index in [4.69, 9.17) is 4.42 Å². The minimum absolute atomic E-state index is 0.277. The lowest BCUT2D eigenvalue weighted by molar-refractivity contribution is 0.0945. The number of methoxy groups -OCH3 is 1. The number of carbonyl (C=O) groups is 2. The van der Waals surface area contributed by atoms with Crippen LogP contribution < -0.4 is 10.6 Å². The second-order valence-electron chi connectivity index (χ2n) is 4.25. The molecule has 0 spiro atoms. The number of nitrogens with zero attached hydrogens (tertiary/aromatic N) is 1. The summed E-state index contributed by atoms with van der Waals surface area (Å²) in [6.07, 6.45) is 0.704. The van der Waals surface area contributed by atoms with Crippen molar-refractivity contribution in [3.05, 3.63) is 47.7 Å². The Labute approximate surface area is 121 Å². The second-order valence-corrected chi connectivity index (χ2v) is 4.25. The van der Waals surface area contributed by atoms with Gasteiger partial charge in [-0.15, -0.1) is 0 Å². The molecule has 2 rings (SSSR count). The Morgan fingerprint density at radius 2 is 2.00 bits per heavy atom. The lowest BCUT2D eigenvalue weighted by Crippen LogP contribution is -2.23. The summed E-state index contributed by atoms with van der Waals surface area (Å²) in [5.41, 5.74) is 1.78. The third-order valence-corrected chi connectivity index (χ3v) is 2.80. The van der Waals surface area contributed by atoms with Gasteiger partial charge in [0.2, 0.25) is 0 Å². The molecule has 0 aliphatic carbocycles. The fourth-order valence-electron chi connectivity index (χ4n) is 1.66. The van der Waals surface area contributed by atoms with Crippen molar-refractivity contribution in [2.45, 2.75) is 13.5 Å². The van der Waals surface area contributed by atoms with Crippen molar-refractivity contribution < 1.29 is 18.7 Å². The zero-order chi connectivity index (χ0) is 15.2. The van der Waals surface area contributed by atoms with Gasteiger partial charge in [-0.05, 0) is 24.6 Å². The van der Waals surface area contributed by atoms with Crippen LogP contribution >= 0.6 is 0 Å². The molecule has 0 aliphatic rings. The fourth-order valence-corrected chi connectivity index (χ4v) is 1.66. The van der Waals surface area contributed by atoms with E-state index >= 15 is 0 Å². The maximum Gasteiger partial charge on any atom is 0.411 e. The zero-order valence-electron chi connectivity index (χ0n) is 11.7. The minimum atomic E-state index is -0.530. The number of benzene rings is 1. The number of hydrogen-bond acceptors (Lipinski definition) is 5. The highest BCUT2D eigenvalue weighted by Gasteiger charge is 2.12. The Hall–Kier alpha value is -2.83. The van der Waals surface area contributed by atoms with Crippen molar-refractivity contribution in [3.8, 4) is 0 Å². The third kappa shape index (κ3) is 3.82. The fraction of sp³-hybridized carbons (Fsp3) is 0.214. The van der Waals surface area contributed by atoms with Gasteiger partial charge in [-0.25, -0.2) is 9.78 Å². The highest BCUT2D eigenvalue weighted by molar-refractivity contribution is 5.93. The van der Waals surface area contributed by atoms with Crippen LogP contribution in [0.25, 0.3) is 0 Å². The number of hydrogen-bond donors (Lipinski definition) is 2. The standard InChI is InChI=1S/C14H15N3O4/c1-9-12(16-8-21-9)13(18)15-7-10-3-5-11(6-4-10)17-14(19)20-2/h3-6,8H,7H2,1-2H3,(H,15,18)(H,17,19). The number of anilines is 1. The second kappa shape index (κ2) is 6.56. The summed E-state index contributed by atoms with van der Waals surface area (Å²) in [6.45, 7) is 2.03. The molecule has 0 saturated carbocycles. The molecule has 0 radical (unpaired) electrons. The molecule has 0 bridgehead atoms. The van der Waals surface area contributed by atoms with Gasteiger partial charge in [-0.1, -0.05) is 12.1 Å². The van der Waals surface area contributed by atoms with Gasteiger partial charge >= 0.3 is 6.09 Å². The van der Waals surface area contributed by atoms with Crippen molar-refractivity contribution in [1.29, 1.82) is 0 Å². The normalized spacial score (nSPS) is 10.0. The van der Waals surface area contributed by atoms with Crippen LogP contribution in [-0.2, 0) is 11.3 Å². The molecule has 2 amide bonds. The summed E-state index contributed by atoms with van der Waals surface area (Å²) in [5.74, 6) is 0.183. The summed E-state index contributed by atoms with van der Waals surface area (Å²) >= 11 is 0. The Balaban J connectivity index is 1.90. The van der Waals surface area contributed by atoms with Gasteiger partial charge in [0.1, 0.15) is 5.76 Å². The van der Waals surface area contributed by atoms with E-state index in [9.17, 15) is 9.59 Å². The van der Waals surface area contributed by atoms with Crippen LogP contribution in [0.1, 0.15) is 21.8 Å². The Bertz CT molecular complexity index is 634. The summed E-state index contributed by atoms with van der Waals surface area (Å²) < 4.78 is 9.47. The van der Waals surface area contributed by atoms with Crippen LogP contribution in [0.4, 0.5) is 10.5 Å². The topological polar surface area (TPSA) is 93.5 Å².